The number of amidine groups is 1. The van der Waals surface area contributed by atoms with E-state index >= 15 is 0 Å². The number of benzene rings is 1. The van der Waals surface area contributed by atoms with Gasteiger partial charge in [-0.3, -0.25) is 4.90 Å². The number of nitrogens with zero attached hydrogens (tertiary/aromatic N) is 2. The SMILES string of the molecule is NC(=NO)C1CCCN(Cc2ccc(F)cc2Cl)C1. The van der Waals surface area contributed by atoms with Crippen molar-refractivity contribution in [3.8, 4) is 0 Å². The summed E-state index contributed by atoms with van der Waals surface area (Å²) in [6.07, 6.45) is 1.91. The van der Waals surface area contributed by atoms with Crippen LogP contribution in [0.15, 0.2) is 23.4 Å². The third-order valence-electron chi connectivity index (χ3n) is 3.45. The lowest BCUT2D eigenvalue weighted by Gasteiger charge is -2.32. The maximum atomic E-state index is 13.0. The van der Waals surface area contributed by atoms with Gasteiger partial charge in [-0.2, -0.15) is 0 Å². The van der Waals surface area contributed by atoms with Gasteiger partial charge in [-0.1, -0.05) is 22.8 Å². The smallest absolute Gasteiger partial charge is 0.143 e. The molecule has 0 amide bonds. The molecule has 1 aliphatic rings. The van der Waals surface area contributed by atoms with Gasteiger partial charge in [-0.15, -0.1) is 0 Å². The van der Waals surface area contributed by atoms with Crippen molar-refractivity contribution in [3.05, 3.63) is 34.6 Å². The minimum absolute atomic E-state index is 0.0676. The summed E-state index contributed by atoms with van der Waals surface area (Å²) in [4.78, 5) is 2.19. The van der Waals surface area contributed by atoms with Gasteiger partial charge in [0.25, 0.3) is 0 Å². The van der Waals surface area contributed by atoms with Crippen LogP contribution in [0.2, 0.25) is 5.02 Å². The number of hydrogen-bond donors (Lipinski definition) is 2. The highest BCUT2D eigenvalue weighted by Gasteiger charge is 2.23. The van der Waals surface area contributed by atoms with Gasteiger partial charge in [-0.25, -0.2) is 4.39 Å². The molecule has 19 heavy (non-hydrogen) atoms. The second kappa shape index (κ2) is 6.21. The maximum Gasteiger partial charge on any atom is 0.143 e. The maximum absolute atomic E-state index is 13.0. The van der Waals surface area contributed by atoms with Crippen LogP contribution >= 0.6 is 11.6 Å². The lowest BCUT2D eigenvalue weighted by atomic mass is 9.96. The fourth-order valence-corrected chi connectivity index (χ4v) is 2.64. The predicted molar refractivity (Wildman–Crippen MR) is 72.8 cm³/mol. The van der Waals surface area contributed by atoms with Crippen molar-refractivity contribution in [2.24, 2.45) is 16.8 Å². The quantitative estimate of drug-likeness (QED) is 0.388. The van der Waals surface area contributed by atoms with Gasteiger partial charge in [0.15, 0.2) is 0 Å². The topological polar surface area (TPSA) is 61.9 Å². The molecule has 104 valence electrons. The summed E-state index contributed by atoms with van der Waals surface area (Å²) in [7, 11) is 0. The Morgan fingerprint density at radius 2 is 2.37 bits per heavy atom. The van der Waals surface area contributed by atoms with E-state index in [1.807, 2.05) is 0 Å². The highest BCUT2D eigenvalue weighted by atomic mass is 35.5. The number of nitrogens with two attached hydrogens (primary N) is 1. The molecule has 1 aromatic carbocycles. The van der Waals surface area contributed by atoms with Gasteiger partial charge >= 0.3 is 0 Å². The van der Waals surface area contributed by atoms with Crippen LogP contribution < -0.4 is 5.73 Å². The molecule has 0 aromatic heterocycles. The summed E-state index contributed by atoms with van der Waals surface area (Å²) in [5, 5.41) is 12.2. The first-order valence-electron chi connectivity index (χ1n) is 6.24. The molecule has 0 aliphatic carbocycles. The Bertz CT molecular complexity index is 481. The number of halogens is 2. The summed E-state index contributed by atoms with van der Waals surface area (Å²) in [6.45, 7) is 2.31. The number of piperidine rings is 1. The first kappa shape index (κ1) is 14.1. The van der Waals surface area contributed by atoms with E-state index in [1.54, 1.807) is 6.07 Å². The molecule has 6 heteroatoms. The monoisotopic (exact) mass is 285 g/mol. The van der Waals surface area contributed by atoms with E-state index in [9.17, 15) is 4.39 Å². The molecular formula is C13H17ClFN3O. The zero-order valence-corrected chi connectivity index (χ0v) is 11.3. The Balaban J connectivity index is 2.02. The fourth-order valence-electron chi connectivity index (χ4n) is 2.41. The van der Waals surface area contributed by atoms with E-state index in [4.69, 9.17) is 22.5 Å². The molecule has 1 atom stereocenters. The molecule has 1 heterocycles. The molecule has 1 fully saturated rings. The zero-order chi connectivity index (χ0) is 13.8. The van der Waals surface area contributed by atoms with Crippen molar-refractivity contribution in [2.45, 2.75) is 19.4 Å². The predicted octanol–water partition coefficient (Wildman–Crippen LogP) is 2.44. The first-order valence-corrected chi connectivity index (χ1v) is 6.61. The molecule has 3 N–H and O–H groups in total. The molecule has 1 saturated heterocycles. The Morgan fingerprint density at radius 1 is 1.58 bits per heavy atom. The molecule has 1 unspecified atom stereocenters. The van der Waals surface area contributed by atoms with E-state index in [2.05, 4.69) is 10.1 Å². The van der Waals surface area contributed by atoms with Gasteiger partial charge in [0.1, 0.15) is 11.7 Å². The summed E-state index contributed by atoms with van der Waals surface area (Å²) in [5.41, 5.74) is 6.54. The number of hydrogen-bond acceptors (Lipinski definition) is 3. The van der Waals surface area contributed by atoms with Crippen molar-refractivity contribution in [1.29, 1.82) is 0 Å². The minimum Gasteiger partial charge on any atom is -0.409 e. The van der Waals surface area contributed by atoms with Gasteiger partial charge in [-0.05, 0) is 37.1 Å². The number of oxime groups is 1. The number of likely N-dealkylation sites (tertiary alicyclic amines) is 1. The second-order valence-corrected chi connectivity index (χ2v) is 5.24. The third-order valence-corrected chi connectivity index (χ3v) is 3.80. The Kier molecular flexibility index (Phi) is 4.61. The molecular weight excluding hydrogens is 269 g/mol. The first-order chi connectivity index (χ1) is 9.10. The van der Waals surface area contributed by atoms with Crippen LogP contribution in [-0.4, -0.2) is 29.0 Å². The van der Waals surface area contributed by atoms with Crippen molar-refractivity contribution in [3.63, 3.8) is 0 Å². The average molecular weight is 286 g/mol. The summed E-state index contributed by atoms with van der Waals surface area (Å²) in [6, 6.07) is 4.43. The molecule has 0 bridgehead atoms. The van der Waals surface area contributed by atoms with Crippen molar-refractivity contribution in [1.82, 2.24) is 4.90 Å². The Morgan fingerprint density at radius 3 is 3.05 bits per heavy atom. The fraction of sp³-hybridized carbons (Fsp3) is 0.462. The van der Waals surface area contributed by atoms with Gasteiger partial charge < -0.3 is 10.9 Å². The zero-order valence-electron chi connectivity index (χ0n) is 10.5. The highest BCUT2D eigenvalue weighted by molar-refractivity contribution is 6.31. The Hall–Kier alpha value is -1.33. The molecule has 0 radical (unpaired) electrons. The van der Waals surface area contributed by atoms with E-state index < -0.39 is 0 Å². The van der Waals surface area contributed by atoms with Crippen molar-refractivity contribution in [2.75, 3.05) is 13.1 Å². The van der Waals surface area contributed by atoms with E-state index in [0.29, 0.717) is 11.6 Å². The van der Waals surface area contributed by atoms with Gasteiger partial charge in [0, 0.05) is 24.0 Å². The van der Waals surface area contributed by atoms with Crippen molar-refractivity contribution >= 4 is 17.4 Å². The van der Waals surface area contributed by atoms with Crippen LogP contribution in [0.4, 0.5) is 4.39 Å². The van der Waals surface area contributed by atoms with E-state index in [-0.39, 0.29) is 17.6 Å². The largest absolute Gasteiger partial charge is 0.409 e. The highest BCUT2D eigenvalue weighted by Crippen LogP contribution is 2.23. The standard InChI is InChI=1S/C13H17ClFN3O/c14-12-6-11(15)4-3-9(12)7-18-5-1-2-10(8-18)13(16)17-19/h3-4,6,10,19H,1-2,5,7-8H2,(H2,16,17). The number of rotatable bonds is 3. The lowest BCUT2D eigenvalue weighted by molar-refractivity contribution is 0.193. The van der Waals surface area contributed by atoms with Crippen LogP contribution in [-0.2, 0) is 6.54 Å². The molecule has 1 aliphatic heterocycles. The summed E-state index contributed by atoms with van der Waals surface area (Å²) < 4.78 is 13.0. The molecule has 4 nitrogen and oxygen atoms in total. The Labute approximate surface area is 116 Å². The minimum atomic E-state index is -0.332. The molecule has 1 aromatic rings. The van der Waals surface area contributed by atoms with Crippen LogP contribution in [0.3, 0.4) is 0 Å². The molecule has 0 spiro atoms. The second-order valence-electron chi connectivity index (χ2n) is 4.83. The summed E-state index contributed by atoms with van der Waals surface area (Å²) >= 11 is 6.02. The molecule has 0 saturated carbocycles. The average Bonchev–Trinajstić information content (AvgIpc) is 2.41. The molecule has 2 rings (SSSR count). The van der Waals surface area contributed by atoms with Crippen LogP contribution in [0.25, 0.3) is 0 Å². The summed E-state index contributed by atoms with van der Waals surface area (Å²) in [5.74, 6) is 0.00908. The van der Waals surface area contributed by atoms with Crippen LogP contribution in [0.1, 0.15) is 18.4 Å². The lowest BCUT2D eigenvalue weighted by Crippen LogP contribution is -2.40. The van der Waals surface area contributed by atoms with Gasteiger partial charge in [0.05, 0.1) is 0 Å². The van der Waals surface area contributed by atoms with E-state index in [0.717, 1.165) is 31.5 Å². The van der Waals surface area contributed by atoms with Crippen LogP contribution in [0, 0.1) is 11.7 Å². The van der Waals surface area contributed by atoms with Crippen LogP contribution in [0.5, 0.6) is 0 Å². The van der Waals surface area contributed by atoms with E-state index in [1.165, 1.54) is 12.1 Å². The normalized spacial score (nSPS) is 21.6. The van der Waals surface area contributed by atoms with Gasteiger partial charge in [0.2, 0.25) is 0 Å². The third kappa shape index (κ3) is 3.58. The van der Waals surface area contributed by atoms with Crippen molar-refractivity contribution < 1.29 is 9.60 Å².